The van der Waals surface area contributed by atoms with Gasteiger partial charge in [-0.25, -0.2) is 13.8 Å². The Morgan fingerprint density at radius 2 is 1.79 bits per heavy atom. The van der Waals surface area contributed by atoms with Crippen molar-refractivity contribution in [2.24, 2.45) is 0 Å². The normalized spacial score (nSPS) is 10.3. The minimum absolute atomic E-state index is 0.145. The SMILES string of the molecule is COc1ccc(Nc2cc(C(=O)Nc3ccc(F)c(F)c3)ccn2)c(OC)c1. The summed E-state index contributed by atoms with van der Waals surface area (Å²) in [5.74, 6) is -0.935. The van der Waals surface area contributed by atoms with E-state index in [9.17, 15) is 13.6 Å². The van der Waals surface area contributed by atoms with Crippen molar-refractivity contribution in [1.29, 1.82) is 0 Å². The van der Waals surface area contributed by atoms with Gasteiger partial charge in [0.25, 0.3) is 5.91 Å². The molecule has 6 nitrogen and oxygen atoms in total. The molecule has 0 saturated carbocycles. The van der Waals surface area contributed by atoms with Gasteiger partial charge in [-0.3, -0.25) is 4.79 Å². The smallest absolute Gasteiger partial charge is 0.255 e. The van der Waals surface area contributed by atoms with Crippen LogP contribution >= 0.6 is 0 Å². The molecule has 0 bridgehead atoms. The fourth-order valence-corrected chi connectivity index (χ4v) is 2.46. The van der Waals surface area contributed by atoms with Crippen LogP contribution in [-0.2, 0) is 0 Å². The summed E-state index contributed by atoms with van der Waals surface area (Å²) in [6.45, 7) is 0. The highest BCUT2D eigenvalue weighted by atomic mass is 19.2. The van der Waals surface area contributed by atoms with Crippen LogP contribution in [0.5, 0.6) is 11.5 Å². The lowest BCUT2D eigenvalue weighted by Crippen LogP contribution is -2.12. The zero-order chi connectivity index (χ0) is 20.1. The molecule has 0 spiro atoms. The number of carbonyl (C=O) groups is 1. The lowest BCUT2D eigenvalue weighted by molar-refractivity contribution is 0.102. The van der Waals surface area contributed by atoms with E-state index >= 15 is 0 Å². The Bertz CT molecular complexity index is 1010. The van der Waals surface area contributed by atoms with Crippen LogP contribution in [0.15, 0.2) is 54.7 Å². The van der Waals surface area contributed by atoms with Gasteiger partial charge in [0.05, 0.1) is 19.9 Å². The molecule has 3 aromatic rings. The molecular weight excluding hydrogens is 368 g/mol. The van der Waals surface area contributed by atoms with Crippen LogP contribution in [0.2, 0.25) is 0 Å². The van der Waals surface area contributed by atoms with Gasteiger partial charge in [-0.15, -0.1) is 0 Å². The van der Waals surface area contributed by atoms with Crippen LogP contribution in [0.3, 0.4) is 0 Å². The van der Waals surface area contributed by atoms with Crippen LogP contribution < -0.4 is 20.1 Å². The average Bonchev–Trinajstić information content (AvgIpc) is 2.71. The molecular formula is C20H17F2N3O3. The quantitative estimate of drug-likeness (QED) is 0.659. The predicted molar refractivity (Wildman–Crippen MR) is 101 cm³/mol. The van der Waals surface area contributed by atoms with E-state index in [4.69, 9.17) is 9.47 Å². The van der Waals surface area contributed by atoms with Crippen molar-refractivity contribution in [2.75, 3.05) is 24.9 Å². The van der Waals surface area contributed by atoms with E-state index in [2.05, 4.69) is 15.6 Å². The van der Waals surface area contributed by atoms with E-state index in [1.807, 2.05) is 0 Å². The number of carbonyl (C=O) groups excluding carboxylic acids is 1. The summed E-state index contributed by atoms with van der Waals surface area (Å²) in [5.41, 5.74) is 1.07. The fraction of sp³-hybridized carbons (Fsp3) is 0.100. The second kappa shape index (κ2) is 8.34. The molecule has 1 heterocycles. The number of hydrogen-bond donors (Lipinski definition) is 2. The van der Waals surface area contributed by atoms with Crippen molar-refractivity contribution in [3.63, 3.8) is 0 Å². The lowest BCUT2D eigenvalue weighted by atomic mass is 10.2. The van der Waals surface area contributed by atoms with E-state index in [-0.39, 0.29) is 11.3 Å². The molecule has 0 saturated heterocycles. The molecule has 2 aromatic carbocycles. The molecule has 8 heteroatoms. The number of benzene rings is 2. The average molecular weight is 385 g/mol. The maximum absolute atomic E-state index is 13.3. The summed E-state index contributed by atoms with van der Waals surface area (Å²) in [6, 6.07) is 11.4. The first-order chi connectivity index (χ1) is 13.5. The zero-order valence-corrected chi connectivity index (χ0v) is 15.1. The molecule has 0 aliphatic rings. The van der Waals surface area contributed by atoms with Crippen LogP contribution in [0, 0.1) is 11.6 Å². The van der Waals surface area contributed by atoms with Crippen molar-refractivity contribution in [2.45, 2.75) is 0 Å². The van der Waals surface area contributed by atoms with Crippen LogP contribution in [0.4, 0.5) is 26.0 Å². The van der Waals surface area contributed by atoms with E-state index in [0.29, 0.717) is 23.0 Å². The topological polar surface area (TPSA) is 72.5 Å². The van der Waals surface area contributed by atoms with E-state index in [0.717, 1.165) is 12.1 Å². The second-order valence-electron chi connectivity index (χ2n) is 5.70. The third-order valence-corrected chi connectivity index (χ3v) is 3.87. The first kappa shape index (κ1) is 19.1. The number of ether oxygens (including phenoxy) is 2. The molecule has 3 rings (SSSR count). The van der Waals surface area contributed by atoms with Gasteiger partial charge < -0.3 is 20.1 Å². The van der Waals surface area contributed by atoms with Crippen molar-refractivity contribution in [3.05, 3.63) is 71.9 Å². The number of amides is 1. The maximum Gasteiger partial charge on any atom is 0.255 e. The minimum Gasteiger partial charge on any atom is -0.497 e. The number of aromatic nitrogens is 1. The van der Waals surface area contributed by atoms with Crippen molar-refractivity contribution in [3.8, 4) is 11.5 Å². The highest BCUT2D eigenvalue weighted by Crippen LogP contribution is 2.31. The fourth-order valence-electron chi connectivity index (χ4n) is 2.46. The van der Waals surface area contributed by atoms with Gasteiger partial charge in [-0.1, -0.05) is 0 Å². The molecule has 2 N–H and O–H groups in total. The van der Waals surface area contributed by atoms with Crippen molar-refractivity contribution >= 4 is 23.1 Å². The molecule has 0 unspecified atom stereocenters. The Morgan fingerprint density at radius 3 is 2.50 bits per heavy atom. The highest BCUT2D eigenvalue weighted by molar-refractivity contribution is 6.04. The standard InChI is InChI=1S/C20H17F2N3O3/c1-27-14-4-6-17(18(11-14)28-2)25-19-9-12(7-8-23-19)20(26)24-13-3-5-15(21)16(22)10-13/h3-11H,1-2H3,(H,23,25)(H,24,26). The summed E-state index contributed by atoms with van der Waals surface area (Å²) in [7, 11) is 3.08. The molecule has 0 aliphatic heterocycles. The monoisotopic (exact) mass is 385 g/mol. The largest absolute Gasteiger partial charge is 0.497 e. The second-order valence-corrected chi connectivity index (χ2v) is 5.70. The number of nitrogens with one attached hydrogen (secondary N) is 2. The van der Waals surface area contributed by atoms with Crippen LogP contribution in [0.1, 0.15) is 10.4 Å². The summed E-state index contributed by atoms with van der Waals surface area (Å²) in [6.07, 6.45) is 1.46. The number of rotatable bonds is 6. The van der Waals surface area contributed by atoms with Gasteiger partial charge in [-0.05, 0) is 36.4 Å². The molecule has 0 atom stereocenters. The van der Waals surface area contributed by atoms with Gasteiger partial charge in [0.15, 0.2) is 11.6 Å². The Hall–Kier alpha value is -3.68. The zero-order valence-electron chi connectivity index (χ0n) is 15.1. The molecule has 0 radical (unpaired) electrons. The Kier molecular flexibility index (Phi) is 5.69. The summed E-state index contributed by atoms with van der Waals surface area (Å²) in [5, 5.41) is 5.58. The van der Waals surface area contributed by atoms with Crippen LogP contribution in [0.25, 0.3) is 0 Å². The molecule has 28 heavy (non-hydrogen) atoms. The molecule has 1 amide bonds. The molecule has 0 fully saturated rings. The number of methoxy groups -OCH3 is 2. The predicted octanol–water partition coefficient (Wildman–Crippen LogP) is 4.37. The lowest BCUT2D eigenvalue weighted by Gasteiger charge is -2.12. The number of nitrogens with zero attached hydrogens (tertiary/aromatic N) is 1. The Morgan fingerprint density at radius 1 is 0.964 bits per heavy atom. The summed E-state index contributed by atoms with van der Waals surface area (Å²) in [4.78, 5) is 16.6. The first-order valence-electron chi connectivity index (χ1n) is 8.21. The summed E-state index contributed by atoms with van der Waals surface area (Å²) >= 11 is 0. The van der Waals surface area contributed by atoms with Gasteiger partial charge in [0.2, 0.25) is 0 Å². The van der Waals surface area contributed by atoms with Crippen molar-refractivity contribution in [1.82, 2.24) is 4.98 Å². The Labute approximate surface area is 160 Å². The molecule has 0 aliphatic carbocycles. The Balaban J connectivity index is 1.78. The third kappa shape index (κ3) is 4.35. The maximum atomic E-state index is 13.3. The van der Waals surface area contributed by atoms with E-state index < -0.39 is 17.5 Å². The molecule has 1 aromatic heterocycles. The number of hydrogen-bond acceptors (Lipinski definition) is 5. The summed E-state index contributed by atoms with van der Waals surface area (Å²) < 4.78 is 36.8. The van der Waals surface area contributed by atoms with Gasteiger partial charge in [0.1, 0.15) is 17.3 Å². The minimum atomic E-state index is -1.04. The van der Waals surface area contributed by atoms with Crippen molar-refractivity contribution < 1.29 is 23.0 Å². The first-order valence-corrected chi connectivity index (χ1v) is 8.21. The number of halogens is 2. The van der Waals surface area contributed by atoms with E-state index in [1.54, 1.807) is 25.3 Å². The van der Waals surface area contributed by atoms with Crippen LogP contribution in [-0.4, -0.2) is 25.1 Å². The third-order valence-electron chi connectivity index (χ3n) is 3.87. The van der Waals surface area contributed by atoms with E-state index in [1.165, 1.54) is 31.5 Å². The van der Waals surface area contributed by atoms with Gasteiger partial charge in [-0.2, -0.15) is 0 Å². The van der Waals surface area contributed by atoms with Gasteiger partial charge >= 0.3 is 0 Å². The number of anilines is 3. The number of pyridine rings is 1. The molecule has 144 valence electrons. The highest BCUT2D eigenvalue weighted by Gasteiger charge is 2.11. The van der Waals surface area contributed by atoms with Gasteiger partial charge in [0, 0.05) is 29.6 Å².